The van der Waals surface area contributed by atoms with Crippen molar-refractivity contribution in [3.05, 3.63) is 0 Å². The molecule has 0 saturated carbocycles. The second kappa shape index (κ2) is 2.64. The van der Waals surface area contributed by atoms with Crippen LogP contribution in [0.1, 0.15) is 19.8 Å². The number of carbonyl (C=O) groups excluding carboxylic acids is 1. The van der Waals surface area contributed by atoms with E-state index in [9.17, 15) is 4.79 Å². The molecule has 2 aliphatic heterocycles. The third-order valence-corrected chi connectivity index (χ3v) is 3.00. The van der Waals surface area contributed by atoms with Gasteiger partial charge in [-0.05, 0) is 18.8 Å². The second-order valence-electron chi connectivity index (χ2n) is 4.15. The Kier molecular flexibility index (Phi) is 1.74. The van der Waals surface area contributed by atoms with Gasteiger partial charge in [-0.25, -0.2) is 4.79 Å². The van der Waals surface area contributed by atoms with Gasteiger partial charge in [0.1, 0.15) is 0 Å². The number of hydrogen-bond acceptors (Lipinski definition) is 1. The van der Waals surface area contributed by atoms with E-state index in [1.807, 2.05) is 16.8 Å². The highest BCUT2D eigenvalue weighted by Gasteiger charge is 2.38. The Morgan fingerprint density at radius 3 is 2.83 bits per heavy atom. The summed E-state index contributed by atoms with van der Waals surface area (Å²) >= 11 is 0. The molecule has 2 amide bonds. The van der Waals surface area contributed by atoms with Crippen molar-refractivity contribution in [2.45, 2.75) is 25.8 Å². The third-order valence-electron chi connectivity index (χ3n) is 3.00. The second-order valence-corrected chi connectivity index (χ2v) is 4.15. The molecule has 12 heavy (non-hydrogen) atoms. The average molecular weight is 168 g/mol. The van der Waals surface area contributed by atoms with E-state index in [2.05, 4.69) is 6.92 Å². The number of carbonyl (C=O) groups is 1. The smallest absolute Gasteiger partial charge is 0.320 e. The lowest BCUT2D eigenvalue weighted by molar-refractivity contribution is 0.159. The van der Waals surface area contributed by atoms with Crippen LogP contribution in [-0.2, 0) is 0 Å². The summed E-state index contributed by atoms with van der Waals surface area (Å²) in [7, 11) is 1.89. The largest absolute Gasteiger partial charge is 0.326 e. The predicted octanol–water partition coefficient (Wildman–Crippen LogP) is 1.15. The Bertz CT molecular complexity index is 205. The summed E-state index contributed by atoms with van der Waals surface area (Å²) in [5.74, 6) is 0.691. The molecule has 2 saturated heterocycles. The van der Waals surface area contributed by atoms with Crippen LogP contribution < -0.4 is 0 Å². The van der Waals surface area contributed by atoms with Gasteiger partial charge in [0.15, 0.2) is 0 Å². The van der Waals surface area contributed by atoms with E-state index in [-0.39, 0.29) is 6.03 Å². The molecule has 3 heteroatoms. The van der Waals surface area contributed by atoms with Gasteiger partial charge in [-0.1, -0.05) is 6.92 Å². The zero-order chi connectivity index (χ0) is 8.72. The molecule has 0 radical (unpaired) electrons. The van der Waals surface area contributed by atoms with Crippen molar-refractivity contribution in [3.8, 4) is 0 Å². The first-order valence-corrected chi connectivity index (χ1v) is 4.70. The zero-order valence-corrected chi connectivity index (χ0v) is 7.79. The summed E-state index contributed by atoms with van der Waals surface area (Å²) in [4.78, 5) is 15.4. The Balaban J connectivity index is 2.10. The van der Waals surface area contributed by atoms with Gasteiger partial charge in [0.2, 0.25) is 0 Å². The van der Waals surface area contributed by atoms with Gasteiger partial charge in [0.25, 0.3) is 0 Å². The maximum absolute atomic E-state index is 11.5. The fraction of sp³-hybridized carbons (Fsp3) is 0.889. The molecule has 2 atom stereocenters. The SMILES string of the molecule is CC1CCC2CN(C)C(=O)N2C1. The molecule has 2 unspecified atom stereocenters. The van der Waals surface area contributed by atoms with E-state index < -0.39 is 0 Å². The summed E-state index contributed by atoms with van der Waals surface area (Å²) in [6, 6.07) is 0.741. The highest BCUT2D eigenvalue weighted by Crippen LogP contribution is 2.27. The normalized spacial score (nSPS) is 35.7. The van der Waals surface area contributed by atoms with Crippen LogP contribution in [0, 0.1) is 5.92 Å². The van der Waals surface area contributed by atoms with Gasteiger partial charge in [-0.15, -0.1) is 0 Å². The molecule has 2 aliphatic rings. The molecule has 0 spiro atoms. The van der Waals surface area contributed by atoms with Crippen LogP contribution in [0.3, 0.4) is 0 Å². The number of urea groups is 1. The number of piperidine rings is 1. The van der Waals surface area contributed by atoms with Gasteiger partial charge in [-0.2, -0.15) is 0 Å². The maximum atomic E-state index is 11.5. The van der Waals surface area contributed by atoms with Crippen LogP contribution in [0.15, 0.2) is 0 Å². The van der Waals surface area contributed by atoms with E-state index >= 15 is 0 Å². The molecular formula is C9H16N2O. The molecule has 0 N–H and O–H groups in total. The van der Waals surface area contributed by atoms with Crippen molar-refractivity contribution in [1.29, 1.82) is 0 Å². The molecule has 68 valence electrons. The lowest BCUT2D eigenvalue weighted by Gasteiger charge is -2.31. The predicted molar refractivity (Wildman–Crippen MR) is 46.9 cm³/mol. The lowest BCUT2D eigenvalue weighted by atomic mass is 9.95. The first-order chi connectivity index (χ1) is 5.68. The maximum Gasteiger partial charge on any atom is 0.320 e. The topological polar surface area (TPSA) is 23.6 Å². The number of amides is 2. The van der Waals surface area contributed by atoms with E-state index in [0.29, 0.717) is 12.0 Å². The third kappa shape index (κ3) is 1.08. The Labute approximate surface area is 73.3 Å². The van der Waals surface area contributed by atoms with Gasteiger partial charge >= 0.3 is 6.03 Å². The molecule has 0 aromatic rings. The van der Waals surface area contributed by atoms with E-state index in [1.54, 1.807) is 0 Å². The molecule has 2 fully saturated rings. The van der Waals surface area contributed by atoms with Gasteiger partial charge in [0, 0.05) is 20.1 Å². The fourth-order valence-corrected chi connectivity index (χ4v) is 2.25. The van der Waals surface area contributed by atoms with Crippen LogP contribution >= 0.6 is 0 Å². The van der Waals surface area contributed by atoms with Crippen LogP contribution in [0.4, 0.5) is 4.79 Å². The average Bonchev–Trinajstić information content (AvgIpc) is 2.31. The van der Waals surface area contributed by atoms with Crippen molar-refractivity contribution in [2.75, 3.05) is 20.1 Å². The number of hydrogen-bond donors (Lipinski definition) is 0. The van der Waals surface area contributed by atoms with Crippen LogP contribution in [0.25, 0.3) is 0 Å². The highest BCUT2D eigenvalue weighted by atomic mass is 16.2. The minimum Gasteiger partial charge on any atom is -0.326 e. The van der Waals surface area contributed by atoms with Crippen LogP contribution in [0.2, 0.25) is 0 Å². The summed E-state index contributed by atoms with van der Waals surface area (Å²) in [5.41, 5.74) is 0. The molecular weight excluding hydrogens is 152 g/mol. The first-order valence-electron chi connectivity index (χ1n) is 4.70. The standard InChI is InChI=1S/C9H16N2O/c1-7-3-4-8-6-10(2)9(12)11(8)5-7/h7-8H,3-6H2,1-2H3. The van der Waals surface area contributed by atoms with Gasteiger partial charge < -0.3 is 9.80 Å². The van der Waals surface area contributed by atoms with Crippen LogP contribution in [0.5, 0.6) is 0 Å². The summed E-state index contributed by atoms with van der Waals surface area (Å²) in [6.45, 7) is 4.13. The molecule has 0 aromatic heterocycles. The monoisotopic (exact) mass is 168 g/mol. The highest BCUT2D eigenvalue weighted by molar-refractivity contribution is 5.77. The number of nitrogens with zero attached hydrogens (tertiary/aromatic N) is 2. The Hall–Kier alpha value is -0.730. The van der Waals surface area contributed by atoms with Crippen molar-refractivity contribution >= 4 is 6.03 Å². The number of rotatable bonds is 0. The molecule has 2 heterocycles. The van der Waals surface area contributed by atoms with Gasteiger partial charge in [-0.3, -0.25) is 0 Å². The van der Waals surface area contributed by atoms with Crippen molar-refractivity contribution in [1.82, 2.24) is 9.80 Å². The summed E-state index contributed by atoms with van der Waals surface area (Å²) < 4.78 is 0. The minimum atomic E-state index is 0.228. The number of likely N-dealkylation sites (N-methyl/N-ethyl adjacent to an activating group) is 1. The van der Waals surface area contributed by atoms with Gasteiger partial charge in [0.05, 0.1) is 6.04 Å². The van der Waals surface area contributed by atoms with E-state index in [1.165, 1.54) is 12.8 Å². The minimum absolute atomic E-state index is 0.228. The first kappa shape index (κ1) is 7.90. The van der Waals surface area contributed by atoms with E-state index in [4.69, 9.17) is 0 Å². The lowest BCUT2D eigenvalue weighted by Crippen LogP contribution is -2.41. The quantitative estimate of drug-likeness (QED) is 0.532. The van der Waals surface area contributed by atoms with Crippen molar-refractivity contribution in [3.63, 3.8) is 0 Å². The zero-order valence-electron chi connectivity index (χ0n) is 7.79. The molecule has 2 rings (SSSR count). The van der Waals surface area contributed by atoms with Crippen LogP contribution in [-0.4, -0.2) is 42.0 Å². The molecule has 0 bridgehead atoms. The van der Waals surface area contributed by atoms with Crippen molar-refractivity contribution in [2.24, 2.45) is 5.92 Å². The molecule has 3 nitrogen and oxygen atoms in total. The Morgan fingerprint density at radius 1 is 1.33 bits per heavy atom. The number of fused-ring (bicyclic) bond motifs is 1. The van der Waals surface area contributed by atoms with E-state index in [0.717, 1.165) is 13.1 Å². The summed E-state index contributed by atoms with van der Waals surface area (Å²) in [6.07, 6.45) is 2.47. The Morgan fingerprint density at radius 2 is 2.08 bits per heavy atom. The molecule has 0 aromatic carbocycles. The molecule has 0 aliphatic carbocycles. The fourth-order valence-electron chi connectivity index (χ4n) is 2.25. The summed E-state index contributed by atoms with van der Waals surface area (Å²) in [5, 5.41) is 0. The van der Waals surface area contributed by atoms with Crippen molar-refractivity contribution < 1.29 is 4.79 Å².